The highest BCUT2D eigenvalue weighted by Crippen LogP contribution is 2.33. The van der Waals surface area contributed by atoms with Crippen molar-refractivity contribution in [1.29, 1.82) is 0 Å². The predicted molar refractivity (Wildman–Crippen MR) is 159 cm³/mol. The topological polar surface area (TPSA) is 111 Å². The molecule has 3 aromatic rings. The molecule has 0 unspecified atom stereocenters. The van der Waals surface area contributed by atoms with Crippen molar-refractivity contribution in [2.24, 2.45) is 13.0 Å². The number of aromatic nitrogens is 3. The summed E-state index contributed by atoms with van der Waals surface area (Å²) in [6, 6.07) is 5.28. The van der Waals surface area contributed by atoms with Crippen molar-refractivity contribution in [2.75, 3.05) is 69.9 Å². The summed E-state index contributed by atoms with van der Waals surface area (Å²) < 4.78 is 18.1. The second-order valence-electron chi connectivity index (χ2n) is 10.5. The fourth-order valence-corrected chi connectivity index (χ4v) is 5.50. The third-order valence-corrected chi connectivity index (χ3v) is 8.03. The molecule has 220 valence electrons. The fourth-order valence-electron chi connectivity index (χ4n) is 5.36. The van der Waals surface area contributed by atoms with E-state index >= 15 is 0 Å². The highest BCUT2D eigenvalue weighted by atomic mass is 35.5. The van der Waals surface area contributed by atoms with Gasteiger partial charge >= 0.3 is 0 Å². The van der Waals surface area contributed by atoms with Crippen molar-refractivity contribution < 1.29 is 19.0 Å². The number of ketones is 1. The number of nitrogens with zero attached hydrogens (tertiary/aromatic N) is 5. The highest BCUT2D eigenvalue weighted by molar-refractivity contribution is 6.32. The summed E-state index contributed by atoms with van der Waals surface area (Å²) in [5.74, 6) is 2.27. The Hall–Kier alpha value is -3.41. The maximum absolute atomic E-state index is 12.9. The van der Waals surface area contributed by atoms with Gasteiger partial charge in [-0.05, 0) is 30.9 Å². The van der Waals surface area contributed by atoms with E-state index in [0.717, 1.165) is 58.8 Å². The highest BCUT2D eigenvalue weighted by Gasteiger charge is 2.24. The lowest BCUT2D eigenvalue weighted by atomic mass is 9.96. The molecule has 2 aliphatic rings. The van der Waals surface area contributed by atoms with Crippen LogP contribution in [0.1, 0.15) is 26.2 Å². The number of carbonyl (C=O) groups excluding carboxylic acids is 1. The van der Waals surface area contributed by atoms with Crippen molar-refractivity contribution in [1.82, 2.24) is 19.4 Å². The number of Topliss-reactive ketones (excluding diaryl/α,β-unsaturated/α-hetero) is 1. The fraction of sp³-hybridized carbons (Fsp3) is 0.517. The van der Waals surface area contributed by atoms with Crippen LogP contribution in [0.5, 0.6) is 11.5 Å². The van der Waals surface area contributed by atoms with Gasteiger partial charge in [0.2, 0.25) is 5.95 Å². The van der Waals surface area contributed by atoms with Gasteiger partial charge in [0.25, 0.3) is 5.56 Å². The van der Waals surface area contributed by atoms with Crippen LogP contribution in [0.3, 0.4) is 0 Å². The Morgan fingerprint density at radius 1 is 1.15 bits per heavy atom. The summed E-state index contributed by atoms with van der Waals surface area (Å²) in [6.07, 6.45) is 4.12. The minimum Gasteiger partial charge on any atom is -0.494 e. The van der Waals surface area contributed by atoms with E-state index in [1.54, 1.807) is 39.4 Å². The maximum atomic E-state index is 12.9. The zero-order valence-electron chi connectivity index (χ0n) is 23.8. The smallest absolute Gasteiger partial charge is 0.293 e. The number of halogens is 1. The molecule has 12 heteroatoms. The molecule has 0 bridgehead atoms. The number of pyridine rings is 1. The molecule has 2 saturated heterocycles. The number of hydrogen-bond acceptors (Lipinski definition) is 10. The summed E-state index contributed by atoms with van der Waals surface area (Å²) in [5, 5.41) is 4.39. The summed E-state index contributed by atoms with van der Waals surface area (Å²) in [6.45, 7) is 8.15. The van der Waals surface area contributed by atoms with Gasteiger partial charge in [-0.3, -0.25) is 14.5 Å². The van der Waals surface area contributed by atoms with Crippen LogP contribution >= 0.6 is 11.6 Å². The zero-order chi connectivity index (χ0) is 28.9. The van der Waals surface area contributed by atoms with E-state index in [0.29, 0.717) is 51.5 Å². The van der Waals surface area contributed by atoms with Gasteiger partial charge in [-0.15, -0.1) is 0 Å². The van der Waals surface area contributed by atoms with Gasteiger partial charge in [0, 0.05) is 63.3 Å². The Labute approximate surface area is 244 Å². The lowest BCUT2D eigenvalue weighted by Crippen LogP contribution is -2.43. The van der Waals surface area contributed by atoms with Crippen LogP contribution in [0.15, 0.2) is 29.2 Å². The van der Waals surface area contributed by atoms with Gasteiger partial charge in [-0.2, -0.15) is 4.98 Å². The van der Waals surface area contributed by atoms with Gasteiger partial charge < -0.3 is 29.0 Å². The van der Waals surface area contributed by atoms with E-state index in [9.17, 15) is 9.59 Å². The molecule has 4 heterocycles. The molecule has 11 nitrogen and oxygen atoms in total. The quantitative estimate of drug-likeness (QED) is 0.379. The molecule has 2 fully saturated rings. The standard InChI is InChI=1S/C29H37ClN6O5/c1-4-22(37)18-41-25-14-20-13-21(15-24(39-3)26(20)34(2)28(25)38)32-27-23(30)16-31-29(33-27)36-7-5-19(6-8-36)17-35-9-11-40-12-10-35/h13-16,19H,4-12,17-18H2,1-3H3,(H,31,32,33). The van der Waals surface area contributed by atoms with E-state index in [1.165, 1.54) is 4.57 Å². The van der Waals surface area contributed by atoms with Crippen molar-refractivity contribution in [3.8, 4) is 11.5 Å². The van der Waals surface area contributed by atoms with Gasteiger partial charge in [0.1, 0.15) is 17.4 Å². The summed E-state index contributed by atoms with van der Waals surface area (Å²) in [4.78, 5) is 38.6. The van der Waals surface area contributed by atoms with Crippen LogP contribution in [0.2, 0.25) is 5.02 Å². The Bertz CT molecular complexity index is 1450. The average Bonchev–Trinajstić information content (AvgIpc) is 2.99. The van der Waals surface area contributed by atoms with E-state index in [2.05, 4.69) is 20.1 Å². The molecule has 0 radical (unpaired) electrons. The average molecular weight is 585 g/mol. The molecule has 1 aromatic carbocycles. The first-order chi connectivity index (χ1) is 19.9. The lowest BCUT2D eigenvalue weighted by Gasteiger charge is -2.36. The first kappa shape index (κ1) is 29.1. The first-order valence-corrected chi connectivity index (χ1v) is 14.4. The summed E-state index contributed by atoms with van der Waals surface area (Å²) in [7, 11) is 3.19. The van der Waals surface area contributed by atoms with Crippen LogP contribution < -0.4 is 25.2 Å². The third-order valence-electron chi connectivity index (χ3n) is 7.76. The molecule has 0 spiro atoms. The van der Waals surface area contributed by atoms with Crippen LogP contribution in [0, 0.1) is 5.92 Å². The third kappa shape index (κ3) is 6.74. The van der Waals surface area contributed by atoms with Crippen LogP contribution in [0.4, 0.5) is 17.5 Å². The zero-order valence-corrected chi connectivity index (χ0v) is 24.6. The number of nitrogens with one attached hydrogen (secondary N) is 1. The number of aryl methyl sites for hydroxylation is 1. The molecular formula is C29H37ClN6O5. The van der Waals surface area contributed by atoms with Gasteiger partial charge in [-0.25, -0.2) is 4.98 Å². The number of piperidine rings is 1. The Balaban J connectivity index is 1.34. The Kier molecular flexibility index (Phi) is 9.26. The summed E-state index contributed by atoms with van der Waals surface area (Å²) in [5.41, 5.74) is 0.920. The summed E-state index contributed by atoms with van der Waals surface area (Å²) >= 11 is 6.51. The number of fused-ring (bicyclic) bond motifs is 1. The Morgan fingerprint density at radius 2 is 1.90 bits per heavy atom. The molecular weight excluding hydrogens is 548 g/mol. The number of ether oxygens (including phenoxy) is 3. The van der Waals surface area contributed by atoms with E-state index in [1.807, 2.05) is 6.07 Å². The molecule has 0 saturated carbocycles. The molecule has 2 aliphatic heterocycles. The lowest BCUT2D eigenvalue weighted by molar-refractivity contribution is -0.120. The molecule has 5 rings (SSSR count). The number of anilines is 3. The monoisotopic (exact) mass is 584 g/mol. The van der Waals surface area contributed by atoms with Crippen molar-refractivity contribution in [2.45, 2.75) is 26.2 Å². The second kappa shape index (κ2) is 13.1. The normalized spacial score (nSPS) is 16.6. The number of methoxy groups -OCH3 is 1. The van der Waals surface area contributed by atoms with E-state index < -0.39 is 0 Å². The number of morpholine rings is 1. The molecule has 41 heavy (non-hydrogen) atoms. The van der Waals surface area contributed by atoms with Gasteiger partial charge in [-0.1, -0.05) is 18.5 Å². The van der Waals surface area contributed by atoms with Crippen LogP contribution in [-0.4, -0.2) is 84.9 Å². The van der Waals surface area contributed by atoms with Crippen LogP contribution in [0.25, 0.3) is 10.9 Å². The molecule has 0 aliphatic carbocycles. The van der Waals surface area contributed by atoms with Crippen molar-refractivity contribution >= 4 is 45.7 Å². The first-order valence-electron chi connectivity index (χ1n) is 14.1. The largest absolute Gasteiger partial charge is 0.494 e. The minimum atomic E-state index is -0.349. The van der Waals surface area contributed by atoms with Gasteiger partial charge in [0.05, 0.1) is 32.0 Å². The SMILES string of the molecule is CCC(=O)COc1cc2cc(Nc3nc(N4CCC(CN5CCOCC5)CC4)ncc3Cl)cc(OC)c2n(C)c1=O. The van der Waals surface area contributed by atoms with Crippen molar-refractivity contribution in [3.05, 3.63) is 39.8 Å². The molecule has 1 N–H and O–H groups in total. The Morgan fingerprint density at radius 3 is 2.61 bits per heavy atom. The van der Waals surface area contributed by atoms with Crippen molar-refractivity contribution in [3.63, 3.8) is 0 Å². The number of rotatable bonds is 10. The van der Waals surface area contributed by atoms with Crippen LogP contribution in [-0.2, 0) is 16.6 Å². The maximum Gasteiger partial charge on any atom is 0.293 e. The minimum absolute atomic E-state index is 0.0873. The second-order valence-corrected chi connectivity index (χ2v) is 10.9. The number of carbonyl (C=O) groups is 1. The number of benzene rings is 1. The van der Waals surface area contributed by atoms with Gasteiger partial charge in [0.15, 0.2) is 17.4 Å². The molecule has 0 amide bonds. The predicted octanol–water partition coefficient (Wildman–Crippen LogP) is 3.64. The van der Waals surface area contributed by atoms with E-state index in [-0.39, 0.29) is 23.7 Å². The molecule has 0 atom stereocenters. The molecule has 2 aromatic heterocycles. The number of hydrogen-bond donors (Lipinski definition) is 1. The van der Waals surface area contributed by atoms with E-state index in [4.69, 9.17) is 30.8 Å².